The van der Waals surface area contributed by atoms with Gasteiger partial charge in [-0.1, -0.05) is 36.4 Å². The molecule has 0 N–H and O–H groups in total. The second-order valence-electron chi connectivity index (χ2n) is 9.19. The van der Waals surface area contributed by atoms with Gasteiger partial charge in [0.2, 0.25) is 10.0 Å². The predicted molar refractivity (Wildman–Crippen MR) is 147 cm³/mol. The number of fused-ring (bicyclic) bond motifs is 1. The molecule has 9 nitrogen and oxygen atoms in total. The molecule has 0 fully saturated rings. The van der Waals surface area contributed by atoms with Gasteiger partial charge in [-0.25, -0.2) is 8.42 Å². The van der Waals surface area contributed by atoms with E-state index in [-0.39, 0.29) is 29.6 Å². The van der Waals surface area contributed by atoms with Crippen molar-refractivity contribution in [2.24, 2.45) is 7.05 Å². The number of carbonyl (C=O) groups excluding carboxylic acids is 1. The van der Waals surface area contributed by atoms with E-state index in [0.717, 1.165) is 16.9 Å². The van der Waals surface area contributed by atoms with Gasteiger partial charge >= 0.3 is 0 Å². The number of nitrogens with zero attached hydrogens (tertiary/aromatic N) is 4. The lowest BCUT2D eigenvalue weighted by molar-refractivity contribution is 0.0984. The lowest BCUT2D eigenvalue weighted by Gasteiger charge is -2.28. The Labute approximate surface area is 228 Å². The summed E-state index contributed by atoms with van der Waals surface area (Å²) in [6, 6.07) is 23.2. The van der Waals surface area contributed by atoms with Gasteiger partial charge in [0, 0.05) is 55.1 Å². The van der Waals surface area contributed by atoms with Crippen LogP contribution in [0.1, 0.15) is 27.3 Å². The lowest BCUT2D eigenvalue weighted by atomic mass is 10.1. The maximum absolute atomic E-state index is 13.8. The van der Waals surface area contributed by atoms with Crippen LogP contribution in [0, 0.1) is 0 Å². The topological polar surface area (TPSA) is 94.0 Å². The quantitative estimate of drug-likeness (QED) is 0.331. The Hall–Kier alpha value is -4.15. The monoisotopic (exact) mass is 546 g/mol. The molecule has 1 aliphatic rings. The number of rotatable bonds is 8. The maximum Gasteiger partial charge on any atom is 0.258 e. The Bertz CT molecular complexity index is 1590. The lowest BCUT2D eigenvalue weighted by Crippen LogP contribution is -2.37. The number of ether oxygens (including phenoxy) is 2. The summed E-state index contributed by atoms with van der Waals surface area (Å²) in [5, 5.41) is 4.74. The fraction of sp³-hybridized carbons (Fsp3) is 0.241. The minimum absolute atomic E-state index is 0.0448. The van der Waals surface area contributed by atoms with Crippen LogP contribution in [-0.4, -0.2) is 49.2 Å². The molecule has 0 spiro atoms. The summed E-state index contributed by atoms with van der Waals surface area (Å²) >= 11 is 0. The van der Waals surface area contributed by atoms with Crippen molar-refractivity contribution < 1.29 is 22.7 Å². The van der Waals surface area contributed by atoms with Gasteiger partial charge in [0.25, 0.3) is 5.91 Å². The van der Waals surface area contributed by atoms with Gasteiger partial charge in [0.15, 0.2) is 0 Å². The van der Waals surface area contributed by atoms with E-state index in [1.807, 2.05) is 55.6 Å². The molecule has 0 bridgehead atoms. The van der Waals surface area contributed by atoms with Crippen molar-refractivity contribution in [3.63, 3.8) is 0 Å². The summed E-state index contributed by atoms with van der Waals surface area (Å²) in [7, 11) is 0.863. The fourth-order valence-electron chi connectivity index (χ4n) is 4.88. The van der Waals surface area contributed by atoms with Crippen LogP contribution in [0.5, 0.6) is 11.5 Å². The first-order chi connectivity index (χ1) is 18.8. The number of sulfonamides is 1. The Morgan fingerprint density at radius 2 is 1.67 bits per heavy atom. The number of aromatic nitrogens is 2. The number of anilines is 1. The number of carbonyl (C=O) groups is 1. The number of aryl methyl sites for hydroxylation is 1. The number of hydrogen-bond donors (Lipinski definition) is 0. The third-order valence-corrected chi connectivity index (χ3v) is 8.79. The molecule has 1 aliphatic heterocycles. The molecule has 0 atom stereocenters. The molecule has 0 radical (unpaired) electrons. The van der Waals surface area contributed by atoms with Gasteiger partial charge < -0.3 is 14.4 Å². The molecule has 0 saturated heterocycles. The highest BCUT2D eigenvalue weighted by molar-refractivity contribution is 7.89. The van der Waals surface area contributed by atoms with Gasteiger partial charge in [0.05, 0.1) is 26.5 Å². The minimum atomic E-state index is -3.92. The summed E-state index contributed by atoms with van der Waals surface area (Å²) in [6.07, 6.45) is 0.488. The summed E-state index contributed by atoms with van der Waals surface area (Å²) in [6.45, 7) is 0.612. The van der Waals surface area contributed by atoms with Gasteiger partial charge in [0.1, 0.15) is 16.4 Å². The molecule has 0 unspecified atom stereocenters. The van der Waals surface area contributed by atoms with Gasteiger partial charge in [-0.05, 0) is 36.4 Å². The van der Waals surface area contributed by atoms with Crippen molar-refractivity contribution in [3.05, 3.63) is 101 Å². The van der Waals surface area contributed by atoms with E-state index >= 15 is 0 Å². The largest absolute Gasteiger partial charge is 0.497 e. The molecule has 202 valence electrons. The van der Waals surface area contributed by atoms with Gasteiger partial charge in [-0.15, -0.1) is 0 Å². The zero-order chi connectivity index (χ0) is 27.6. The molecule has 3 aromatic carbocycles. The predicted octanol–water partition coefficient (Wildman–Crippen LogP) is 4.03. The van der Waals surface area contributed by atoms with Crippen molar-refractivity contribution in [1.29, 1.82) is 0 Å². The SMILES string of the molecule is COc1ccc(OC)c(S(=O)(=O)N2CCc3c(c(CN(C(=O)c4ccccc4)c4ccccc4)nn3C)C2)c1. The van der Waals surface area contributed by atoms with Gasteiger partial charge in [-0.3, -0.25) is 9.48 Å². The van der Waals surface area contributed by atoms with Crippen LogP contribution in [0.4, 0.5) is 5.69 Å². The second kappa shape index (κ2) is 10.9. The Kier molecular flexibility index (Phi) is 7.40. The molecule has 10 heteroatoms. The molecule has 0 saturated carbocycles. The molecule has 1 amide bonds. The average Bonchev–Trinajstić information content (AvgIpc) is 3.30. The summed E-state index contributed by atoms with van der Waals surface area (Å²) in [5.41, 5.74) is 3.69. The fourth-order valence-corrected chi connectivity index (χ4v) is 6.46. The zero-order valence-electron chi connectivity index (χ0n) is 22.1. The normalized spacial score (nSPS) is 13.5. The number of para-hydroxylation sites is 1. The van der Waals surface area contributed by atoms with E-state index in [4.69, 9.17) is 14.6 Å². The van der Waals surface area contributed by atoms with E-state index in [1.165, 1.54) is 24.6 Å². The minimum Gasteiger partial charge on any atom is -0.497 e. The Morgan fingerprint density at radius 3 is 2.33 bits per heavy atom. The smallest absolute Gasteiger partial charge is 0.258 e. The third-order valence-electron chi connectivity index (χ3n) is 6.92. The molecule has 2 heterocycles. The van der Waals surface area contributed by atoms with Crippen molar-refractivity contribution in [1.82, 2.24) is 14.1 Å². The molecular weight excluding hydrogens is 516 g/mol. The molecule has 39 heavy (non-hydrogen) atoms. The van der Waals surface area contributed by atoms with Crippen LogP contribution in [0.25, 0.3) is 0 Å². The summed E-state index contributed by atoms with van der Waals surface area (Å²) < 4.78 is 41.5. The van der Waals surface area contributed by atoms with Crippen LogP contribution in [0.15, 0.2) is 83.8 Å². The Balaban J connectivity index is 1.50. The number of hydrogen-bond acceptors (Lipinski definition) is 6. The highest BCUT2D eigenvalue weighted by Crippen LogP contribution is 2.34. The van der Waals surface area contributed by atoms with E-state index in [1.54, 1.807) is 33.8 Å². The standard InChI is InChI=1S/C29H30N4O5S/c1-31-26-16-17-32(39(35,36)28-18-23(37-2)14-15-27(28)38-3)19-24(26)25(30-31)20-33(22-12-8-5-9-13-22)29(34)21-10-6-4-7-11-21/h4-15,18H,16-17,19-20H2,1-3H3. The molecule has 1 aromatic heterocycles. The first kappa shape index (κ1) is 26.5. The third kappa shape index (κ3) is 5.13. The highest BCUT2D eigenvalue weighted by atomic mass is 32.2. The number of methoxy groups -OCH3 is 2. The first-order valence-electron chi connectivity index (χ1n) is 12.5. The van der Waals surface area contributed by atoms with Crippen molar-refractivity contribution >= 4 is 21.6 Å². The summed E-state index contributed by atoms with van der Waals surface area (Å²) in [4.78, 5) is 15.3. The van der Waals surface area contributed by atoms with Crippen molar-refractivity contribution in [2.75, 3.05) is 25.7 Å². The summed E-state index contributed by atoms with van der Waals surface area (Å²) in [5.74, 6) is 0.506. The van der Waals surface area contributed by atoms with Crippen LogP contribution in [0.3, 0.4) is 0 Å². The highest BCUT2D eigenvalue weighted by Gasteiger charge is 2.34. The second-order valence-corrected chi connectivity index (χ2v) is 11.1. The Morgan fingerprint density at radius 1 is 0.974 bits per heavy atom. The maximum atomic E-state index is 13.8. The van der Waals surface area contributed by atoms with Crippen molar-refractivity contribution in [2.45, 2.75) is 24.4 Å². The van der Waals surface area contributed by atoms with Gasteiger partial charge in [-0.2, -0.15) is 9.40 Å². The van der Waals surface area contributed by atoms with Crippen LogP contribution < -0.4 is 14.4 Å². The van der Waals surface area contributed by atoms with Crippen LogP contribution in [-0.2, 0) is 36.6 Å². The van der Waals surface area contributed by atoms with Crippen molar-refractivity contribution in [3.8, 4) is 11.5 Å². The first-order valence-corrected chi connectivity index (χ1v) is 13.9. The average molecular weight is 547 g/mol. The van der Waals surface area contributed by atoms with E-state index < -0.39 is 10.0 Å². The van der Waals surface area contributed by atoms with E-state index in [2.05, 4.69) is 0 Å². The zero-order valence-corrected chi connectivity index (χ0v) is 22.9. The van der Waals surface area contributed by atoms with E-state index in [0.29, 0.717) is 30.0 Å². The number of amides is 1. The molecule has 0 aliphatic carbocycles. The van der Waals surface area contributed by atoms with E-state index in [9.17, 15) is 13.2 Å². The number of benzene rings is 3. The molecular formula is C29H30N4O5S. The van der Waals surface area contributed by atoms with Crippen LogP contribution in [0.2, 0.25) is 0 Å². The molecule has 4 aromatic rings. The van der Waals surface area contributed by atoms with Crippen LogP contribution >= 0.6 is 0 Å². The molecule has 5 rings (SSSR count).